The van der Waals surface area contributed by atoms with Gasteiger partial charge in [0, 0.05) is 30.0 Å². The van der Waals surface area contributed by atoms with Crippen LogP contribution in [0.2, 0.25) is 0 Å². The molecule has 0 radical (unpaired) electrons. The molecule has 0 fully saturated rings. The van der Waals surface area contributed by atoms with E-state index in [0.29, 0.717) is 41.3 Å². The molecule has 1 aromatic heterocycles. The van der Waals surface area contributed by atoms with E-state index in [1.54, 1.807) is 39.8 Å². The third kappa shape index (κ3) is 4.12. The van der Waals surface area contributed by atoms with Crippen LogP contribution in [0.3, 0.4) is 0 Å². The van der Waals surface area contributed by atoms with Gasteiger partial charge in [0.25, 0.3) is 5.91 Å². The standard InChI is InChI=1S/C19H25N3O4S/c1-6-22(7-2)27(25,26)16-10-8-15(9-11-16)21-19(24)18-12(3)17(14(5)23)13(4)20-18/h8-11,20H,6-7H2,1-5H3,(H,21,24). The van der Waals surface area contributed by atoms with E-state index in [0.717, 1.165) is 0 Å². The molecule has 0 spiro atoms. The first-order valence-electron chi connectivity index (χ1n) is 8.75. The zero-order valence-electron chi connectivity index (χ0n) is 16.2. The van der Waals surface area contributed by atoms with E-state index >= 15 is 0 Å². The van der Waals surface area contributed by atoms with Crippen molar-refractivity contribution < 1.29 is 18.0 Å². The molecule has 0 saturated heterocycles. The zero-order valence-corrected chi connectivity index (χ0v) is 17.0. The van der Waals surface area contributed by atoms with Crippen molar-refractivity contribution in [1.82, 2.24) is 9.29 Å². The Morgan fingerprint density at radius 1 is 1.07 bits per heavy atom. The highest BCUT2D eigenvalue weighted by molar-refractivity contribution is 7.89. The molecule has 0 aliphatic heterocycles. The fraction of sp³-hybridized carbons (Fsp3) is 0.368. The predicted molar refractivity (Wildman–Crippen MR) is 105 cm³/mol. The summed E-state index contributed by atoms with van der Waals surface area (Å²) in [6, 6.07) is 6.03. The van der Waals surface area contributed by atoms with Crippen LogP contribution in [0, 0.1) is 13.8 Å². The van der Waals surface area contributed by atoms with Crippen LogP contribution in [0.15, 0.2) is 29.2 Å². The lowest BCUT2D eigenvalue weighted by atomic mass is 10.1. The van der Waals surface area contributed by atoms with Gasteiger partial charge >= 0.3 is 0 Å². The Kier molecular flexibility index (Phi) is 6.22. The Balaban J connectivity index is 2.24. The van der Waals surface area contributed by atoms with Gasteiger partial charge < -0.3 is 10.3 Å². The minimum absolute atomic E-state index is 0.105. The number of H-pyrrole nitrogens is 1. The summed E-state index contributed by atoms with van der Waals surface area (Å²) in [5.41, 5.74) is 2.54. The molecule has 0 atom stereocenters. The fourth-order valence-corrected chi connectivity index (χ4v) is 4.58. The van der Waals surface area contributed by atoms with Gasteiger partial charge in [-0.1, -0.05) is 13.8 Å². The third-order valence-electron chi connectivity index (χ3n) is 4.47. The lowest BCUT2D eigenvalue weighted by Gasteiger charge is -2.18. The maximum atomic E-state index is 12.5. The SMILES string of the molecule is CCN(CC)S(=O)(=O)c1ccc(NC(=O)c2[nH]c(C)c(C(C)=O)c2C)cc1. The molecule has 7 nitrogen and oxygen atoms in total. The number of hydrogen-bond donors (Lipinski definition) is 2. The number of ketones is 1. The van der Waals surface area contributed by atoms with E-state index in [9.17, 15) is 18.0 Å². The number of sulfonamides is 1. The number of Topliss-reactive ketones (excluding diaryl/α,β-unsaturated/α-hetero) is 1. The number of benzene rings is 1. The molecule has 1 heterocycles. The second kappa shape index (κ2) is 8.06. The van der Waals surface area contributed by atoms with Gasteiger partial charge in [0.2, 0.25) is 10.0 Å². The number of aromatic nitrogens is 1. The van der Waals surface area contributed by atoms with E-state index in [-0.39, 0.29) is 16.6 Å². The van der Waals surface area contributed by atoms with E-state index in [1.165, 1.54) is 23.4 Å². The number of aryl methyl sites for hydroxylation is 1. The van der Waals surface area contributed by atoms with Crippen molar-refractivity contribution in [1.29, 1.82) is 0 Å². The monoisotopic (exact) mass is 391 g/mol. The van der Waals surface area contributed by atoms with Gasteiger partial charge in [-0.25, -0.2) is 8.42 Å². The highest BCUT2D eigenvalue weighted by Gasteiger charge is 2.22. The Bertz CT molecular complexity index is 956. The molecule has 0 aliphatic rings. The molecular weight excluding hydrogens is 366 g/mol. The van der Waals surface area contributed by atoms with Gasteiger partial charge in [0.15, 0.2) is 5.78 Å². The first kappa shape index (κ1) is 20.9. The van der Waals surface area contributed by atoms with Gasteiger partial charge in [-0.15, -0.1) is 0 Å². The molecule has 146 valence electrons. The molecule has 0 aliphatic carbocycles. The maximum absolute atomic E-state index is 12.5. The molecule has 2 N–H and O–H groups in total. The highest BCUT2D eigenvalue weighted by Crippen LogP contribution is 2.21. The Morgan fingerprint density at radius 3 is 2.07 bits per heavy atom. The highest BCUT2D eigenvalue weighted by atomic mass is 32.2. The molecule has 1 amide bonds. The summed E-state index contributed by atoms with van der Waals surface area (Å²) in [4.78, 5) is 27.4. The number of hydrogen-bond acceptors (Lipinski definition) is 4. The summed E-state index contributed by atoms with van der Waals surface area (Å²) in [7, 11) is -3.54. The summed E-state index contributed by atoms with van der Waals surface area (Å²) in [6.45, 7) is 9.27. The van der Waals surface area contributed by atoms with Crippen molar-refractivity contribution in [2.24, 2.45) is 0 Å². The Hall–Kier alpha value is -2.45. The molecule has 27 heavy (non-hydrogen) atoms. The second-order valence-corrected chi connectivity index (χ2v) is 8.19. The van der Waals surface area contributed by atoms with Crippen molar-refractivity contribution in [3.05, 3.63) is 46.8 Å². The van der Waals surface area contributed by atoms with Crippen molar-refractivity contribution in [2.45, 2.75) is 39.5 Å². The van der Waals surface area contributed by atoms with Crippen LogP contribution in [-0.4, -0.2) is 42.5 Å². The van der Waals surface area contributed by atoms with Crippen LogP contribution in [0.25, 0.3) is 0 Å². The van der Waals surface area contributed by atoms with Crippen LogP contribution in [0.1, 0.15) is 52.9 Å². The van der Waals surface area contributed by atoms with Crippen molar-refractivity contribution in [3.63, 3.8) is 0 Å². The third-order valence-corrected chi connectivity index (χ3v) is 6.54. The van der Waals surface area contributed by atoms with Crippen LogP contribution in [0.4, 0.5) is 5.69 Å². The summed E-state index contributed by atoms with van der Waals surface area (Å²) in [5.74, 6) is -0.492. The largest absolute Gasteiger partial charge is 0.354 e. The van der Waals surface area contributed by atoms with E-state index in [2.05, 4.69) is 10.3 Å². The van der Waals surface area contributed by atoms with Crippen molar-refractivity contribution in [2.75, 3.05) is 18.4 Å². The number of nitrogens with one attached hydrogen (secondary N) is 2. The van der Waals surface area contributed by atoms with Gasteiger partial charge in [-0.2, -0.15) is 4.31 Å². The summed E-state index contributed by atoms with van der Waals surface area (Å²) in [6.07, 6.45) is 0. The number of aromatic amines is 1. The molecule has 2 aromatic rings. The number of amides is 1. The van der Waals surface area contributed by atoms with Crippen molar-refractivity contribution >= 4 is 27.4 Å². The Morgan fingerprint density at radius 2 is 1.63 bits per heavy atom. The molecule has 8 heteroatoms. The van der Waals surface area contributed by atoms with Crippen LogP contribution < -0.4 is 5.32 Å². The van der Waals surface area contributed by atoms with Crippen molar-refractivity contribution in [3.8, 4) is 0 Å². The summed E-state index contributed by atoms with van der Waals surface area (Å²) >= 11 is 0. The molecule has 0 bridgehead atoms. The van der Waals surface area contributed by atoms with Crippen LogP contribution in [0.5, 0.6) is 0 Å². The molecule has 1 aromatic carbocycles. The number of carbonyl (C=O) groups excluding carboxylic acids is 2. The van der Waals surface area contributed by atoms with Gasteiger partial charge in [0.1, 0.15) is 5.69 Å². The summed E-state index contributed by atoms with van der Waals surface area (Å²) in [5, 5.41) is 2.72. The predicted octanol–water partition coefficient (Wildman–Crippen LogP) is 3.12. The van der Waals surface area contributed by atoms with Crippen LogP contribution in [-0.2, 0) is 10.0 Å². The maximum Gasteiger partial charge on any atom is 0.272 e. The number of carbonyl (C=O) groups is 2. The second-order valence-electron chi connectivity index (χ2n) is 6.25. The molecule has 2 rings (SSSR count). The quantitative estimate of drug-likeness (QED) is 0.708. The zero-order chi connectivity index (χ0) is 20.4. The lowest BCUT2D eigenvalue weighted by molar-refractivity contribution is 0.101. The van der Waals surface area contributed by atoms with E-state index in [1.807, 2.05) is 0 Å². The normalized spacial score (nSPS) is 11.6. The molecular formula is C19H25N3O4S. The number of nitrogens with zero attached hydrogens (tertiary/aromatic N) is 1. The number of rotatable bonds is 7. The van der Waals surface area contributed by atoms with E-state index in [4.69, 9.17) is 0 Å². The average molecular weight is 391 g/mol. The first-order chi connectivity index (χ1) is 12.6. The first-order valence-corrected chi connectivity index (χ1v) is 10.2. The van der Waals surface area contributed by atoms with Gasteiger partial charge in [-0.05, 0) is 50.6 Å². The molecule has 0 saturated carbocycles. The number of anilines is 1. The van der Waals surface area contributed by atoms with E-state index < -0.39 is 10.0 Å². The van der Waals surface area contributed by atoms with Gasteiger partial charge in [0.05, 0.1) is 4.90 Å². The van der Waals surface area contributed by atoms with Gasteiger partial charge in [-0.3, -0.25) is 9.59 Å². The summed E-state index contributed by atoms with van der Waals surface area (Å²) < 4.78 is 26.4. The fourth-order valence-electron chi connectivity index (χ4n) is 3.12. The minimum Gasteiger partial charge on any atom is -0.354 e. The average Bonchev–Trinajstić information content (AvgIpc) is 2.90. The smallest absolute Gasteiger partial charge is 0.272 e. The Labute approximate surface area is 159 Å². The minimum atomic E-state index is -3.54. The lowest BCUT2D eigenvalue weighted by Crippen LogP contribution is -2.30. The molecule has 0 unspecified atom stereocenters. The topological polar surface area (TPSA) is 99.3 Å². The van der Waals surface area contributed by atoms with Crippen LogP contribution >= 0.6 is 0 Å².